The van der Waals surface area contributed by atoms with Crippen LogP contribution in [0.3, 0.4) is 0 Å². The molecule has 1 aliphatic rings. The van der Waals surface area contributed by atoms with Crippen LogP contribution < -0.4 is 4.74 Å². The summed E-state index contributed by atoms with van der Waals surface area (Å²) in [6.07, 6.45) is -1.55. The first kappa shape index (κ1) is 14.6. The molecule has 0 aliphatic carbocycles. The van der Waals surface area contributed by atoms with Gasteiger partial charge in [-0.1, -0.05) is 12.1 Å². The molecule has 0 fully saturated rings. The van der Waals surface area contributed by atoms with Gasteiger partial charge in [0.15, 0.2) is 12.8 Å². The minimum absolute atomic E-state index is 0.633. The molecule has 5 heteroatoms. The largest absolute Gasteiger partial charge is 0.496 e. The minimum Gasteiger partial charge on any atom is -0.496 e. The first-order valence-corrected chi connectivity index (χ1v) is 6.93. The van der Waals surface area contributed by atoms with E-state index in [-0.39, 0.29) is 0 Å². The van der Waals surface area contributed by atoms with Gasteiger partial charge in [-0.25, -0.2) is 0 Å². The Hall–Kier alpha value is -2.30. The van der Waals surface area contributed by atoms with Crippen LogP contribution >= 0.6 is 0 Å². The summed E-state index contributed by atoms with van der Waals surface area (Å²) < 4.78 is 45.2. The van der Waals surface area contributed by atoms with E-state index in [1.807, 2.05) is 29.0 Å². The van der Waals surface area contributed by atoms with Crippen molar-refractivity contribution in [3.8, 4) is 5.75 Å². The summed E-state index contributed by atoms with van der Waals surface area (Å²) in [5.41, 5.74) is 2.27. The second-order valence-corrected chi connectivity index (χ2v) is 5.15. The molecule has 0 atom stereocenters. The molecular weight excluding hydrogens is 291 g/mol. The fraction of sp³-hybridized carbons (Fsp3) is 0.235. The van der Waals surface area contributed by atoms with E-state index in [2.05, 4.69) is 0 Å². The summed E-state index contributed by atoms with van der Waals surface area (Å²) in [6.45, 7) is 0.728. The molecule has 3 rings (SSSR count). The molecule has 0 unspecified atom stereocenters. The number of ether oxygens (including phenoxy) is 1. The summed E-state index contributed by atoms with van der Waals surface area (Å²) in [4.78, 5) is 0. The fourth-order valence-corrected chi connectivity index (χ4v) is 2.64. The Labute approximate surface area is 126 Å². The topological polar surface area (TPSA) is 12.2 Å². The standard InChI is InChI=1S/C17H15F3NO/c1-22-16-4-2-3-12-9-10-21(11-15(12)16)14-7-5-13(6-8-14)17(18,19)20/h2-8,11H,9-10H2,1H3/q+1. The number of hydrogen-bond donors (Lipinski definition) is 0. The Kier molecular flexibility index (Phi) is 3.64. The van der Waals surface area contributed by atoms with Gasteiger partial charge in [-0.15, -0.1) is 0 Å². The first-order chi connectivity index (χ1) is 10.5. The van der Waals surface area contributed by atoms with E-state index in [0.717, 1.165) is 42.1 Å². The van der Waals surface area contributed by atoms with E-state index in [4.69, 9.17) is 4.74 Å². The van der Waals surface area contributed by atoms with Crippen LogP contribution in [0.1, 0.15) is 16.7 Å². The average Bonchev–Trinajstić information content (AvgIpc) is 2.53. The van der Waals surface area contributed by atoms with Crippen LogP contribution in [0.2, 0.25) is 0 Å². The molecule has 0 spiro atoms. The van der Waals surface area contributed by atoms with Crippen molar-refractivity contribution in [3.05, 3.63) is 59.2 Å². The van der Waals surface area contributed by atoms with Gasteiger partial charge >= 0.3 is 6.18 Å². The Morgan fingerprint density at radius 3 is 2.41 bits per heavy atom. The fourth-order valence-electron chi connectivity index (χ4n) is 2.64. The molecule has 2 aromatic carbocycles. The number of rotatable bonds is 2. The molecule has 114 valence electrons. The van der Waals surface area contributed by atoms with E-state index in [1.165, 1.54) is 17.7 Å². The molecule has 2 aromatic rings. The molecule has 1 heterocycles. The van der Waals surface area contributed by atoms with Crippen LogP contribution in [0, 0.1) is 0 Å². The second-order valence-electron chi connectivity index (χ2n) is 5.15. The molecule has 1 aliphatic heterocycles. The summed E-state index contributed by atoms with van der Waals surface area (Å²) in [5, 5.41) is 0. The van der Waals surface area contributed by atoms with Crippen molar-refractivity contribution in [2.75, 3.05) is 13.7 Å². The molecule has 0 aromatic heterocycles. The van der Waals surface area contributed by atoms with Gasteiger partial charge in [0.2, 0.25) is 5.69 Å². The Bertz CT molecular complexity index is 718. The lowest BCUT2D eigenvalue weighted by Gasteiger charge is -2.15. The third kappa shape index (κ3) is 2.71. The normalized spacial score (nSPS) is 14.3. The van der Waals surface area contributed by atoms with Crippen molar-refractivity contribution in [2.24, 2.45) is 0 Å². The molecule has 22 heavy (non-hydrogen) atoms. The van der Waals surface area contributed by atoms with E-state index in [0.29, 0.717) is 0 Å². The van der Waals surface area contributed by atoms with Crippen LogP contribution in [0.5, 0.6) is 5.75 Å². The number of benzene rings is 2. The summed E-state index contributed by atoms with van der Waals surface area (Å²) >= 11 is 0. The van der Waals surface area contributed by atoms with Gasteiger partial charge in [0.05, 0.1) is 18.2 Å². The monoisotopic (exact) mass is 306 g/mol. The van der Waals surface area contributed by atoms with E-state index in [1.54, 1.807) is 7.11 Å². The van der Waals surface area contributed by atoms with Crippen molar-refractivity contribution in [1.82, 2.24) is 0 Å². The van der Waals surface area contributed by atoms with Gasteiger partial charge in [0, 0.05) is 18.6 Å². The average molecular weight is 306 g/mol. The van der Waals surface area contributed by atoms with Crippen molar-refractivity contribution in [3.63, 3.8) is 0 Å². The maximum absolute atomic E-state index is 12.6. The summed E-state index contributed by atoms with van der Waals surface area (Å²) in [6, 6.07) is 11.1. The molecule has 0 amide bonds. The van der Waals surface area contributed by atoms with Gasteiger partial charge in [0.25, 0.3) is 0 Å². The number of fused-ring (bicyclic) bond motifs is 1. The van der Waals surface area contributed by atoms with Crippen LogP contribution in [-0.2, 0) is 12.6 Å². The lowest BCUT2D eigenvalue weighted by molar-refractivity contribution is -0.436. The van der Waals surface area contributed by atoms with Gasteiger partial charge in [-0.05, 0) is 23.8 Å². The maximum Gasteiger partial charge on any atom is 0.416 e. The molecule has 0 N–H and O–H groups in total. The van der Waals surface area contributed by atoms with Crippen LogP contribution in [0.15, 0.2) is 42.5 Å². The third-order valence-corrected chi connectivity index (χ3v) is 3.81. The molecule has 0 radical (unpaired) electrons. The molecule has 0 saturated carbocycles. The Balaban J connectivity index is 1.97. The Morgan fingerprint density at radius 1 is 1.05 bits per heavy atom. The second kappa shape index (κ2) is 5.48. The zero-order chi connectivity index (χ0) is 15.7. The highest BCUT2D eigenvalue weighted by atomic mass is 19.4. The smallest absolute Gasteiger partial charge is 0.416 e. The minimum atomic E-state index is -4.31. The number of methoxy groups -OCH3 is 1. The van der Waals surface area contributed by atoms with Crippen LogP contribution in [0.25, 0.3) is 0 Å². The van der Waals surface area contributed by atoms with Gasteiger partial charge < -0.3 is 4.74 Å². The van der Waals surface area contributed by atoms with Gasteiger partial charge in [0.1, 0.15) is 5.75 Å². The lowest BCUT2D eigenvalue weighted by Crippen LogP contribution is -2.19. The highest BCUT2D eigenvalue weighted by Crippen LogP contribution is 2.31. The van der Waals surface area contributed by atoms with Gasteiger partial charge in [-0.3, -0.25) is 0 Å². The van der Waals surface area contributed by atoms with Gasteiger partial charge in [-0.2, -0.15) is 17.7 Å². The number of alkyl halides is 3. The highest BCUT2D eigenvalue weighted by Gasteiger charge is 2.30. The zero-order valence-electron chi connectivity index (χ0n) is 12.0. The van der Waals surface area contributed by atoms with Crippen molar-refractivity contribution >= 4 is 11.9 Å². The van der Waals surface area contributed by atoms with Crippen LogP contribution in [0.4, 0.5) is 18.9 Å². The molecular formula is C17H15F3NO+. The van der Waals surface area contributed by atoms with Crippen LogP contribution in [-0.4, -0.2) is 24.4 Å². The lowest BCUT2D eigenvalue weighted by atomic mass is 10.0. The predicted octanol–water partition coefficient (Wildman–Crippen LogP) is 4.03. The third-order valence-electron chi connectivity index (χ3n) is 3.81. The SMILES string of the molecule is COc1cccc2c1C=[N+](c1ccc(C(F)(F)F)cc1)CC2. The quantitative estimate of drug-likeness (QED) is 0.763. The predicted molar refractivity (Wildman–Crippen MR) is 78.1 cm³/mol. The molecule has 0 bridgehead atoms. The zero-order valence-corrected chi connectivity index (χ0v) is 12.0. The van der Waals surface area contributed by atoms with E-state index < -0.39 is 11.7 Å². The molecule has 2 nitrogen and oxygen atoms in total. The number of nitrogens with zero attached hydrogens (tertiary/aromatic N) is 1. The highest BCUT2D eigenvalue weighted by molar-refractivity contribution is 5.83. The van der Waals surface area contributed by atoms with Crippen molar-refractivity contribution < 1.29 is 22.5 Å². The van der Waals surface area contributed by atoms with E-state index >= 15 is 0 Å². The summed E-state index contributed by atoms with van der Waals surface area (Å²) in [5.74, 6) is 0.772. The number of hydrogen-bond acceptors (Lipinski definition) is 1. The number of halogens is 3. The maximum atomic E-state index is 12.6. The van der Waals surface area contributed by atoms with Crippen molar-refractivity contribution in [1.29, 1.82) is 0 Å². The van der Waals surface area contributed by atoms with E-state index in [9.17, 15) is 13.2 Å². The first-order valence-electron chi connectivity index (χ1n) is 6.93. The summed E-state index contributed by atoms with van der Waals surface area (Å²) in [7, 11) is 1.61. The van der Waals surface area contributed by atoms with Crippen molar-refractivity contribution in [2.45, 2.75) is 12.6 Å². The molecule has 0 saturated heterocycles. The Morgan fingerprint density at radius 2 is 1.77 bits per heavy atom.